The molecule has 138 valence electrons. The van der Waals surface area contributed by atoms with Gasteiger partial charge in [0, 0.05) is 5.69 Å². The molecule has 1 atom stereocenters. The number of carbonyl (C=O) groups excluding carboxylic acids is 2. The molecule has 2 aromatic carbocycles. The van der Waals surface area contributed by atoms with Crippen LogP contribution in [-0.4, -0.2) is 33.5 Å². The number of nitrogens with one attached hydrogen (secondary N) is 1. The maximum atomic E-state index is 12.1. The zero-order valence-electron chi connectivity index (χ0n) is 14.1. The third kappa shape index (κ3) is 5.04. The molecule has 0 aromatic heterocycles. The van der Waals surface area contributed by atoms with Crippen LogP contribution >= 0.6 is 0 Å². The van der Waals surface area contributed by atoms with Crippen LogP contribution in [0.15, 0.2) is 53.4 Å². The van der Waals surface area contributed by atoms with Crippen molar-refractivity contribution in [2.75, 3.05) is 12.4 Å². The van der Waals surface area contributed by atoms with Gasteiger partial charge in [-0.2, -0.15) is 0 Å². The molecule has 2 aromatic rings. The van der Waals surface area contributed by atoms with E-state index in [0.29, 0.717) is 11.4 Å². The van der Waals surface area contributed by atoms with Crippen molar-refractivity contribution in [2.45, 2.75) is 17.9 Å². The monoisotopic (exact) mass is 378 g/mol. The maximum absolute atomic E-state index is 12.1. The van der Waals surface area contributed by atoms with Crippen molar-refractivity contribution >= 4 is 27.6 Å². The van der Waals surface area contributed by atoms with Gasteiger partial charge in [0.2, 0.25) is 10.0 Å². The Hall–Kier alpha value is -2.91. The average molecular weight is 378 g/mol. The Morgan fingerprint density at radius 1 is 1.12 bits per heavy atom. The first-order chi connectivity index (χ1) is 12.2. The fraction of sp³-hybridized carbons (Fsp3) is 0.176. The lowest BCUT2D eigenvalue weighted by molar-refractivity contribution is -0.123. The van der Waals surface area contributed by atoms with Crippen LogP contribution in [0.1, 0.15) is 17.3 Å². The van der Waals surface area contributed by atoms with Crippen LogP contribution in [0, 0.1) is 0 Å². The summed E-state index contributed by atoms with van der Waals surface area (Å²) < 4.78 is 32.6. The summed E-state index contributed by atoms with van der Waals surface area (Å²) in [5.74, 6) is -0.743. The summed E-state index contributed by atoms with van der Waals surface area (Å²) in [4.78, 5) is 24.1. The van der Waals surface area contributed by atoms with Gasteiger partial charge < -0.3 is 14.8 Å². The van der Waals surface area contributed by atoms with Gasteiger partial charge in [0.05, 0.1) is 17.6 Å². The number of hydrogen-bond acceptors (Lipinski definition) is 6. The zero-order valence-corrected chi connectivity index (χ0v) is 14.9. The number of nitrogens with two attached hydrogens (primary N) is 1. The topological polar surface area (TPSA) is 125 Å². The molecule has 26 heavy (non-hydrogen) atoms. The standard InChI is InChI=1S/C17H18N2O6S/c1-11(25-17(21)12-4-3-5-14(10-12)24-2)16(20)19-13-6-8-15(9-7-13)26(18,22)23/h3-11H,1-2H3,(H,19,20)(H2,18,22,23)/t11-/m0/s1. The predicted molar refractivity (Wildman–Crippen MR) is 94.3 cm³/mol. The SMILES string of the molecule is COc1cccc(C(=O)O[C@@H](C)C(=O)Nc2ccc(S(N)(=O)=O)cc2)c1. The van der Waals surface area contributed by atoms with E-state index in [0.717, 1.165) is 0 Å². The highest BCUT2D eigenvalue weighted by molar-refractivity contribution is 7.89. The lowest BCUT2D eigenvalue weighted by Gasteiger charge is -2.14. The second-order valence-electron chi connectivity index (χ2n) is 5.34. The molecule has 0 heterocycles. The molecule has 0 radical (unpaired) electrons. The Balaban J connectivity index is 1.99. The Labute approximate surface area is 151 Å². The highest BCUT2D eigenvalue weighted by Gasteiger charge is 2.19. The van der Waals surface area contributed by atoms with Crippen molar-refractivity contribution in [2.24, 2.45) is 5.14 Å². The minimum Gasteiger partial charge on any atom is -0.497 e. The summed E-state index contributed by atoms with van der Waals surface area (Å²) in [5, 5.41) is 7.53. The van der Waals surface area contributed by atoms with E-state index >= 15 is 0 Å². The number of methoxy groups -OCH3 is 1. The van der Waals surface area contributed by atoms with Crippen LogP contribution in [0.3, 0.4) is 0 Å². The summed E-state index contributed by atoms with van der Waals surface area (Å²) in [6, 6.07) is 11.6. The lowest BCUT2D eigenvalue weighted by Crippen LogP contribution is -2.30. The molecular formula is C17H18N2O6S. The molecule has 0 aliphatic heterocycles. The number of sulfonamides is 1. The highest BCUT2D eigenvalue weighted by Crippen LogP contribution is 2.16. The van der Waals surface area contributed by atoms with Crippen molar-refractivity contribution < 1.29 is 27.5 Å². The molecule has 2 rings (SSSR count). The summed E-state index contributed by atoms with van der Waals surface area (Å²) >= 11 is 0. The Kier molecular flexibility index (Phi) is 5.96. The molecular weight excluding hydrogens is 360 g/mol. The number of ether oxygens (including phenoxy) is 2. The molecule has 0 unspecified atom stereocenters. The van der Waals surface area contributed by atoms with Crippen molar-refractivity contribution in [3.63, 3.8) is 0 Å². The highest BCUT2D eigenvalue weighted by atomic mass is 32.2. The second-order valence-corrected chi connectivity index (χ2v) is 6.90. The van der Waals surface area contributed by atoms with Crippen molar-refractivity contribution in [1.82, 2.24) is 0 Å². The second kappa shape index (κ2) is 7.98. The zero-order chi connectivity index (χ0) is 19.3. The summed E-state index contributed by atoms with van der Waals surface area (Å²) in [7, 11) is -2.34. The molecule has 3 N–H and O–H groups in total. The number of anilines is 1. The van der Waals surface area contributed by atoms with Gasteiger partial charge in [-0.1, -0.05) is 6.07 Å². The normalized spacial score (nSPS) is 12.1. The molecule has 0 aliphatic carbocycles. The van der Waals surface area contributed by atoms with Gasteiger partial charge in [-0.15, -0.1) is 0 Å². The number of hydrogen-bond donors (Lipinski definition) is 2. The summed E-state index contributed by atoms with van der Waals surface area (Å²) in [6.45, 7) is 1.42. The van der Waals surface area contributed by atoms with Crippen LogP contribution in [0.2, 0.25) is 0 Å². The molecule has 9 heteroatoms. The molecule has 0 saturated carbocycles. The van der Waals surface area contributed by atoms with Gasteiger partial charge in [0.15, 0.2) is 6.10 Å². The maximum Gasteiger partial charge on any atom is 0.339 e. The van der Waals surface area contributed by atoms with E-state index in [-0.39, 0.29) is 10.5 Å². The number of rotatable bonds is 6. The number of primary sulfonamides is 1. The minimum absolute atomic E-state index is 0.0759. The molecule has 0 aliphatic rings. The van der Waals surface area contributed by atoms with Gasteiger partial charge in [-0.3, -0.25) is 4.79 Å². The van der Waals surface area contributed by atoms with E-state index in [4.69, 9.17) is 14.6 Å². The third-order valence-electron chi connectivity index (χ3n) is 3.41. The van der Waals surface area contributed by atoms with Gasteiger partial charge in [-0.05, 0) is 49.4 Å². The quantitative estimate of drug-likeness (QED) is 0.735. The van der Waals surface area contributed by atoms with Crippen LogP contribution < -0.4 is 15.2 Å². The first kappa shape index (κ1) is 19.4. The lowest BCUT2D eigenvalue weighted by atomic mass is 10.2. The third-order valence-corrected chi connectivity index (χ3v) is 4.34. The summed E-state index contributed by atoms with van der Waals surface area (Å²) in [6.07, 6.45) is -1.06. The fourth-order valence-electron chi connectivity index (χ4n) is 2.00. The van der Waals surface area contributed by atoms with Gasteiger partial charge in [0.1, 0.15) is 5.75 Å². The molecule has 0 spiro atoms. The molecule has 0 fully saturated rings. The van der Waals surface area contributed by atoms with E-state index in [1.807, 2.05) is 0 Å². The van der Waals surface area contributed by atoms with Crippen molar-refractivity contribution in [1.29, 1.82) is 0 Å². The first-order valence-corrected chi connectivity index (χ1v) is 9.04. The Bertz CT molecular complexity index is 909. The van der Waals surface area contributed by atoms with Crippen LogP contribution in [-0.2, 0) is 19.6 Å². The molecule has 0 saturated heterocycles. The Morgan fingerprint density at radius 3 is 2.35 bits per heavy atom. The van der Waals surface area contributed by atoms with Crippen molar-refractivity contribution in [3.8, 4) is 5.75 Å². The van der Waals surface area contributed by atoms with E-state index in [1.165, 1.54) is 44.4 Å². The smallest absolute Gasteiger partial charge is 0.339 e. The van der Waals surface area contributed by atoms with Gasteiger partial charge in [-0.25, -0.2) is 18.4 Å². The van der Waals surface area contributed by atoms with Crippen molar-refractivity contribution in [3.05, 3.63) is 54.1 Å². The molecule has 8 nitrogen and oxygen atoms in total. The van der Waals surface area contributed by atoms with Crippen LogP contribution in [0.5, 0.6) is 5.75 Å². The molecule has 1 amide bonds. The van der Waals surface area contributed by atoms with Gasteiger partial charge >= 0.3 is 5.97 Å². The predicted octanol–water partition coefficient (Wildman–Crippen LogP) is 1.53. The van der Waals surface area contributed by atoms with E-state index in [2.05, 4.69) is 5.32 Å². The van der Waals surface area contributed by atoms with Crippen LogP contribution in [0.4, 0.5) is 5.69 Å². The Morgan fingerprint density at radius 2 is 1.77 bits per heavy atom. The van der Waals surface area contributed by atoms with E-state index < -0.39 is 28.0 Å². The number of amides is 1. The minimum atomic E-state index is -3.81. The first-order valence-electron chi connectivity index (χ1n) is 7.49. The largest absolute Gasteiger partial charge is 0.497 e. The van der Waals surface area contributed by atoms with E-state index in [9.17, 15) is 18.0 Å². The average Bonchev–Trinajstić information content (AvgIpc) is 2.61. The summed E-state index contributed by atoms with van der Waals surface area (Å²) in [5.41, 5.74) is 0.591. The van der Waals surface area contributed by atoms with Gasteiger partial charge in [0.25, 0.3) is 5.91 Å². The number of carbonyl (C=O) groups is 2. The number of esters is 1. The molecule has 0 bridgehead atoms. The van der Waals surface area contributed by atoms with E-state index in [1.54, 1.807) is 18.2 Å². The number of benzene rings is 2. The fourth-order valence-corrected chi connectivity index (χ4v) is 2.52. The van der Waals surface area contributed by atoms with Crippen LogP contribution in [0.25, 0.3) is 0 Å².